The molecule has 3 aliphatic carbocycles. The molecular weight excluding hydrogens is 526 g/mol. The summed E-state index contributed by atoms with van der Waals surface area (Å²) in [6.07, 6.45) is 3.85. The molecule has 1 fully saturated rings. The topological polar surface area (TPSA) is 101 Å². The van der Waals surface area contributed by atoms with Gasteiger partial charge in [0.15, 0.2) is 23.1 Å². The summed E-state index contributed by atoms with van der Waals surface area (Å²) in [4.78, 5) is 55.1. The zero-order valence-corrected chi connectivity index (χ0v) is 22.4. The third-order valence-electron chi connectivity index (χ3n) is 7.84. The van der Waals surface area contributed by atoms with Gasteiger partial charge in [-0.3, -0.25) is 24.1 Å². The number of fused-ring (bicyclic) bond motifs is 3. The number of rotatable bonds is 2. The molecule has 7 nitrogen and oxygen atoms in total. The Morgan fingerprint density at radius 2 is 1.78 bits per heavy atom. The van der Waals surface area contributed by atoms with Crippen LogP contribution < -0.4 is 4.74 Å². The molecular formula is C28H28BrNO6. The summed E-state index contributed by atoms with van der Waals surface area (Å²) in [5.74, 6) is -3.17. The number of carbonyl (C=O) groups excluding carboxylic acids is 4. The number of aromatic hydroxyl groups is 1. The second kappa shape index (κ2) is 8.26. The van der Waals surface area contributed by atoms with Crippen LogP contribution in [0.3, 0.4) is 0 Å². The van der Waals surface area contributed by atoms with E-state index in [0.29, 0.717) is 33.2 Å². The first-order valence-corrected chi connectivity index (χ1v) is 12.8. The molecule has 188 valence electrons. The van der Waals surface area contributed by atoms with Crippen LogP contribution in [-0.2, 0) is 19.2 Å². The molecule has 1 aromatic rings. The number of phenols is 1. The molecule has 1 saturated heterocycles. The van der Waals surface area contributed by atoms with Gasteiger partial charge >= 0.3 is 0 Å². The Morgan fingerprint density at radius 3 is 2.42 bits per heavy atom. The Morgan fingerprint density at radius 1 is 1.08 bits per heavy atom. The Labute approximate surface area is 218 Å². The van der Waals surface area contributed by atoms with Gasteiger partial charge in [0, 0.05) is 38.2 Å². The van der Waals surface area contributed by atoms with Crippen LogP contribution in [0.15, 0.2) is 51.0 Å². The van der Waals surface area contributed by atoms with Crippen LogP contribution >= 0.6 is 15.9 Å². The number of allylic oxidation sites excluding steroid dienone is 6. The summed E-state index contributed by atoms with van der Waals surface area (Å²) < 4.78 is 6.00. The lowest BCUT2D eigenvalue weighted by Crippen LogP contribution is -2.46. The van der Waals surface area contributed by atoms with Crippen LogP contribution in [0.1, 0.15) is 52.0 Å². The predicted octanol–water partition coefficient (Wildman–Crippen LogP) is 4.39. The van der Waals surface area contributed by atoms with Gasteiger partial charge in [-0.05, 0) is 64.7 Å². The molecule has 4 atom stereocenters. The van der Waals surface area contributed by atoms with E-state index in [0.717, 1.165) is 5.57 Å². The number of hydrogen-bond acceptors (Lipinski definition) is 6. The fourth-order valence-electron chi connectivity index (χ4n) is 6.35. The van der Waals surface area contributed by atoms with E-state index in [9.17, 15) is 24.3 Å². The minimum absolute atomic E-state index is 0.126. The lowest BCUT2D eigenvalue weighted by molar-refractivity contribution is -0.145. The molecule has 1 aromatic carbocycles. The number of nitrogens with zero attached hydrogens (tertiary/aromatic N) is 1. The molecule has 0 spiro atoms. The minimum Gasteiger partial charge on any atom is -0.504 e. The third kappa shape index (κ3) is 3.44. The first-order valence-electron chi connectivity index (χ1n) is 12.0. The number of phenolic OH excluding ortho intramolecular Hbond substituents is 1. The number of methoxy groups -OCH3 is 1. The number of ketones is 2. The maximum atomic E-state index is 13.7. The van der Waals surface area contributed by atoms with Crippen molar-refractivity contribution in [3.8, 4) is 11.5 Å². The molecule has 8 heteroatoms. The summed E-state index contributed by atoms with van der Waals surface area (Å²) in [7, 11) is 1.44. The van der Waals surface area contributed by atoms with E-state index >= 15 is 0 Å². The first kappa shape index (κ1) is 24.7. The molecule has 0 saturated carbocycles. The standard InChI is InChI=1S/C28H28BrNO6/c1-12-8-19(31)17-11-16-14(6-7-15-22(16)27(35)30(26(15)34)28(2,3)4)21(23(17)24(12)32)18-9-13(29)10-20(36-5)25(18)33/h6,8-10,15-16,21-22,33H,7,11H2,1-5H3. The fourth-order valence-corrected chi connectivity index (χ4v) is 6.80. The highest BCUT2D eigenvalue weighted by molar-refractivity contribution is 9.10. The summed E-state index contributed by atoms with van der Waals surface area (Å²) in [6.45, 7) is 7.12. The van der Waals surface area contributed by atoms with Gasteiger partial charge in [-0.15, -0.1) is 0 Å². The van der Waals surface area contributed by atoms with Crippen LogP contribution in [0.4, 0.5) is 0 Å². The average molecular weight is 554 g/mol. The number of ether oxygens (including phenoxy) is 1. The summed E-state index contributed by atoms with van der Waals surface area (Å²) >= 11 is 3.47. The average Bonchev–Trinajstić information content (AvgIpc) is 3.07. The number of imide groups is 1. The van der Waals surface area contributed by atoms with Crippen molar-refractivity contribution in [1.29, 1.82) is 0 Å². The van der Waals surface area contributed by atoms with Gasteiger partial charge in [-0.1, -0.05) is 27.6 Å². The van der Waals surface area contributed by atoms with E-state index in [-0.39, 0.29) is 41.3 Å². The fraction of sp³-hybridized carbons (Fsp3) is 0.429. The van der Waals surface area contributed by atoms with Crippen LogP contribution in [-0.4, -0.2) is 46.0 Å². The summed E-state index contributed by atoms with van der Waals surface area (Å²) in [6, 6.07) is 3.34. The lowest BCUT2D eigenvalue weighted by Gasteiger charge is -2.42. The molecule has 4 unspecified atom stereocenters. The molecule has 5 rings (SSSR count). The zero-order chi connectivity index (χ0) is 26.3. The molecule has 1 N–H and O–H groups in total. The molecule has 0 aromatic heterocycles. The Kier molecular flexibility index (Phi) is 5.67. The van der Waals surface area contributed by atoms with Gasteiger partial charge in [0.2, 0.25) is 11.8 Å². The third-order valence-corrected chi connectivity index (χ3v) is 8.29. The van der Waals surface area contributed by atoms with Crippen molar-refractivity contribution < 1.29 is 29.0 Å². The number of Topliss-reactive ketones (excluding diaryl/α,β-unsaturated/α-hetero) is 1. The monoisotopic (exact) mass is 553 g/mol. The molecule has 1 aliphatic heterocycles. The molecule has 4 aliphatic rings. The lowest BCUT2D eigenvalue weighted by atomic mass is 9.59. The number of amides is 2. The minimum atomic E-state index is -0.738. The van der Waals surface area contributed by atoms with E-state index in [4.69, 9.17) is 4.74 Å². The van der Waals surface area contributed by atoms with Gasteiger partial charge in [0.1, 0.15) is 0 Å². The quantitative estimate of drug-likeness (QED) is 0.331. The van der Waals surface area contributed by atoms with E-state index in [1.54, 1.807) is 19.1 Å². The highest BCUT2D eigenvalue weighted by atomic mass is 79.9. The van der Waals surface area contributed by atoms with Gasteiger partial charge in [0.25, 0.3) is 0 Å². The van der Waals surface area contributed by atoms with Crippen molar-refractivity contribution in [2.75, 3.05) is 7.11 Å². The van der Waals surface area contributed by atoms with Crippen molar-refractivity contribution >= 4 is 39.3 Å². The largest absolute Gasteiger partial charge is 0.504 e. The maximum Gasteiger partial charge on any atom is 0.234 e. The van der Waals surface area contributed by atoms with E-state index in [1.807, 2.05) is 26.8 Å². The molecule has 1 heterocycles. The maximum absolute atomic E-state index is 13.7. The van der Waals surface area contributed by atoms with Crippen LogP contribution in [0.25, 0.3) is 0 Å². The Balaban J connectivity index is 1.73. The highest BCUT2D eigenvalue weighted by Crippen LogP contribution is 2.57. The number of hydrogen-bond donors (Lipinski definition) is 1. The van der Waals surface area contributed by atoms with Gasteiger partial charge in [-0.2, -0.15) is 0 Å². The normalized spacial score (nSPS) is 28.0. The van der Waals surface area contributed by atoms with Crippen LogP contribution in [0.5, 0.6) is 11.5 Å². The predicted molar refractivity (Wildman–Crippen MR) is 135 cm³/mol. The van der Waals surface area contributed by atoms with Crippen molar-refractivity contribution in [2.45, 2.75) is 52.0 Å². The second-order valence-corrected chi connectivity index (χ2v) is 11.9. The van der Waals surface area contributed by atoms with E-state index < -0.39 is 29.2 Å². The zero-order valence-electron chi connectivity index (χ0n) is 20.8. The second-order valence-electron chi connectivity index (χ2n) is 11.0. The molecule has 36 heavy (non-hydrogen) atoms. The summed E-state index contributed by atoms with van der Waals surface area (Å²) in [5, 5.41) is 11.2. The van der Waals surface area contributed by atoms with Crippen molar-refractivity contribution in [1.82, 2.24) is 4.90 Å². The SMILES string of the molecule is COc1cc(Br)cc(C2C3=CCC4C(=O)N(C(C)(C)C)C(=O)C4C3CC3=C2C(=O)C(C)=CC3=O)c1O. The Bertz CT molecular complexity index is 1340. The smallest absolute Gasteiger partial charge is 0.234 e. The van der Waals surface area contributed by atoms with Crippen LogP contribution in [0, 0.1) is 17.8 Å². The number of carbonyl (C=O) groups is 4. The van der Waals surface area contributed by atoms with Crippen LogP contribution in [0.2, 0.25) is 0 Å². The van der Waals surface area contributed by atoms with Crippen molar-refractivity contribution in [2.24, 2.45) is 17.8 Å². The number of halogens is 1. The number of benzene rings is 1. The van der Waals surface area contributed by atoms with E-state index in [2.05, 4.69) is 15.9 Å². The van der Waals surface area contributed by atoms with Gasteiger partial charge < -0.3 is 9.84 Å². The van der Waals surface area contributed by atoms with Gasteiger partial charge in [-0.25, -0.2) is 0 Å². The summed E-state index contributed by atoms with van der Waals surface area (Å²) in [5.41, 5.74) is 1.56. The number of likely N-dealkylation sites (tertiary alicyclic amines) is 1. The van der Waals surface area contributed by atoms with Crippen molar-refractivity contribution in [3.63, 3.8) is 0 Å². The Hall–Kier alpha value is -3.00. The van der Waals surface area contributed by atoms with E-state index in [1.165, 1.54) is 18.1 Å². The van der Waals surface area contributed by atoms with Crippen molar-refractivity contribution in [3.05, 3.63) is 56.6 Å². The molecule has 0 radical (unpaired) electrons. The molecule has 0 bridgehead atoms. The van der Waals surface area contributed by atoms with Gasteiger partial charge in [0.05, 0.1) is 18.9 Å². The first-order chi connectivity index (χ1) is 16.9. The highest BCUT2D eigenvalue weighted by Gasteiger charge is 2.58. The molecule has 2 amide bonds.